The molecule has 2 aromatic heterocycles. The molecule has 4 N–H and O–H groups in total. The van der Waals surface area contributed by atoms with Gasteiger partial charge in [-0.1, -0.05) is 36.4 Å². The van der Waals surface area contributed by atoms with E-state index >= 15 is 0 Å². The highest BCUT2D eigenvalue weighted by molar-refractivity contribution is 7.13. The lowest BCUT2D eigenvalue weighted by atomic mass is 10.1. The summed E-state index contributed by atoms with van der Waals surface area (Å²) in [5.74, 6) is -1.97. The third-order valence-electron chi connectivity index (χ3n) is 3.51. The number of hydrogen-bond acceptors (Lipinski definition) is 7. The maximum atomic E-state index is 12.5. The van der Waals surface area contributed by atoms with Crippen LogP contribution in [0.3, 0.4) is 0 Å². The summed E-state index contributed by atoms with van der Waals surface area (Å²) < 4.78 is 0. The number of carbonyl (C=O) groups is 1. The van der Waals surface area contributed by atoms with Crippen LogP contribution in [-0.4, -0.2) is 37.8 Å². The minimum absolute atomic E-state index is 0.135. The lowest BCUT2D eigenvalue weighted by Gasteiger charge is -2.17. The number of benzene rings is 1. The van der Waals surface area contributed by atoms with Gasteiger partial charge in [-0.2, -0.15) is 4.98 Å². The third kappa shape index (κ3) is 3.59. The van der Waals surface area contributed by atoms with Gasteiger partial charge >= 0.3 is 0 Å². The maximum absolute atomic E-state index is 12.5. The number of thiophene rings is 1. The zero-order valence-corrected chi connectivity index (χ0v) is 13.8. The fourth-order valence-corrected chi connectivity index (χ4v) is 2.92. The van der Waals surface area contributed by atoms with Gasteiger partial charge in [0.05, 0.1) is 17.5 Å². The van der Waals surface area contributed by atoms with Gasteiger partial charge in [-0.3, -0.25) is 4.79 Å². The van der Waals surface area contributed by atoms with Gasteiger partial charge < -0.3 is 20.6 Å². The van der Waals surface area contributed by atoms with E-state index in [4.69, 9.17) is 0 Å². The Morgan fingerprint density at radius 1 is 1.12 bits per heavy atom. The minimum atomic E-state index is -0.726. The summed E-state index contributed by atoms with van der Waals surface area (Å²) in [6.07, 6.45) is 0. The smallest absolute Gasteiger partial charge is 0.274 e. The highest BCUT2D eigenvalue weighted by Gasteiger charge is 2.23. The number of carbonyl (C=O) groups excluding carboxylic acids is 1. The van der Waals surface area contributed by atoms with Gasteiger partial charge in [0.15, 0.2) is 11.5 Å². The number of nitrogens with one attached hydrogen (secondary N) is 1. The fraction of sp³-hybridized carbons (Fsp3) is 0.118. The molecule has 3 aromatic rings. The summed E-state index contributed by atoms with van der Waals surface area (Å²) in [5, 5.41) is 33.7. The molecule has 1 aromatic carbocycles. The van der Waals surface area contributed by atoms with Crippen molar-refractivity contribution < 1.29 is 20.1 Å². The first-order valence-corrected chi connectivity index (χ1v) is 8.28. The lowest BCUT2D eigenvalue weighted by molar-refractivity contribution is 0.0907. The van der Waals surface area contributed by atoms with Crippen molar-refractivity contribution in [2.45, 2.75) is 6.04 Å². The van der Waals surface area contributed by atoms with E-state index in [1.54, 1.807) is 41.8 Å². The Morgan fingerprint density at radius 2 is 1.88 bits per heavy atom. The van der Waals surface area contributed by atoms with E-state index in [-0.39, 0.29) is 18.1 Å². The molecule has 0 radical (unpaired) electrons. The molecule has 1 amide bonds. The molecule has 0 saturated heterocycles. The number of aliphatic hydroxyl groups is 1. The molecular formula is C17H15N3O4S. The third-order valence-corrected chi connectivity index (χ3v) is 4.38. The fourth-order valence-electron chi connectivity index (χ4n) is 2.26. The lowest BCUT2D eigenvalue weighted by Crippen LogP contribution is -2.31. The molecule has 0 fully saturated rings. The van der Waals surface area contributed by atoms with Gasteiger partial charge in [-0.15, -0.1) is 11.3 Å². The highest BCUT2D eigenvalue weighted by Crippen LogP contribution is 2.30. The maximum Gasteiger partial charge on any atom is 0.274 e. The molecule has 7 nitrogen and oxygen atoms in total. The quantitative estimate of drug-likeness (QED) is 0.556. The molecule has 0 unspecified atom stereocenters. The van der Waals surface area contributed by atoms with Gasteiger partial charge in [0.25, 0.3) is 11.8 Å². The molecular weight excluding hydrogens is 342 g/mol. The summed E-state index contributed by atoms with van der Waals surface area (Å²) in [6, 6.07) is 11.8. The molecule has 8 heteroatoms. The van der Waals surface area contributed by atoms with Gasteiger partial charge in [0.2, 0.25) is 5.75 Å². The van der Waals surface area contributed by atoms with Crippen LogP contribution in [0.5, 0.6) is 11.6 Å². The normalized spacial score (nSPS) is 11.9. The first-order chi connectivity index (χ1) is 12.1. The Morgan fingerprint density at radius 3 is 2.52 bits per heavy atom. The Hall–Kier alpha value is -2.97. The molecule has 0 aliphatic carbocycles. The van der Waals surface area contributed by atoms with Crippen LogP contribution >= 0.6 is 11.3 Å². The molecule has 0 aliphatic rings. The largest absolute Gasteiger partial charge is 0.501 e. The van der Waals surface area contributed by atoms with E-state index in [9.17, 15) is 20.1 Å². The number of aromatic hydroxyl groups is 2. The van der Waals surface area contributed by atoms with Crippen molar-refractivity contribution in [1.29, 1.82) is 0 Å². The van der Waals surface area contributed by atoms with Crippen LogP contribution in [0, 0.1) is 0 Å². The van der Waals surface area contributed by atoms with E-state index in [0.29, 0.717) is 10.4 Å². The number of rotatable bonds is 5. The zero-order chi connectivity index (χ0) is 17.8. The van der Waals surface area contributed by atoms with Gasteiger partial charge in [-0.25, -0.2) is 4.98 Å². The van der Waals surface area contributed by atoms with Crippen LogP contribution in [0.15, 0.2) is 47.8 Å². The molecule has 1 atom stereocenters. The standard InChI is InChI=1S/C17H15N3O4S/c21-9-11(10-5-2-1-3-6-10)18-16(23)13-14(22)17(24)20-15(19-13)12-7-4-8-25-12/h1-8,11,21-22H,9H2,(H,18,23)(H,19,20,24)/t11-/m1/s1. The summed E-state index contributed by atoms with van der Waals surface area (Å²) in [4.78, 5) is 21.0. The van der Waals surface area contributed by atoms with Crippen LogP contribution in [-0.2, 0) is 0 Å². The Bertz CT molecular complexity index is 869. The Kier molecular flexibility index (Phi) is 4.92. The average molecular weight is 357 g/mol. The zero-order valence-electron chi connectivity index (χ0n) is 13.0. The van der Waals surface area contributed by atoms with E-state index < -0.39 is 23.6 Å². The van der Waals surface area contributed by atoms with E-state index in [2.05, 4.69) is 15.3 Å². The van der Waals surface area contributed by atoms with Crippen molar-refractivity contribution >= 4 is 17.2 Å². The molecule has 3 rings (SSSR count). The second kappa shape index (κ2) is 7.29. The summed E-state index contributed by atoms with van der Waals surface area (Å²) in [6.45, 7) is -0.328. The monoisotopic (exact) mass is 357 g/mol. The van der Waals surface area contributed by atoms with Gasteiger partial charge in [-0.05, 0) is 17.0 Å². The number of nitrogens with zero attached hydrogens (tertiary/aromatic N) is 2. The van der Waals surface area contributed by atoms with E-state index in [1.807, 2.05) is 6.07 Å². The van der Waals surface area contributed by atoms with Gasteiger partial charge in [0, 0.05) is 0 Å². The van der Waals surface area contributed by atoms with Crippen molar-refractivity contribution in [2.24, 2.45) is 0 Å². The van der Waals surface area contributed by atoms with E-state index in [1.165, 1.54) is 11.3 Å². The number of hydrogen-bond donors (Lipinski definition) is 4. The van der Waals surface area contributed by atoms with Crippen LogP contribution < -0.4 is 5.32 Å². The second-order valence-electron chi connectivity index (χ2n) is 5.16. The van der Waals surface area contributed by atoms with Crippen molar-refractivity contribution in [2.75, 3.05) is 6.61 Å². The molecule has 2 heterocycles. The molecule has 0 saturated carbocycles. The Labute approximate surface area is 147 Å². The van der Waals surface area contributed by atoms with Gasteiger partial charge in [0.1, 0.15) is 0 Å². The predicted molar refractivity (Wildman–Crippen MR) is 92.4 cm³/mol. The predicted octanol–water partition coefficient (Wildman–Crippen LogP) is 2.08. The van der Waals surface area contributed by atoms with Crippen LogP contribution in [0.4, 0.5) is 0 Å². The topological polar surface area (TPSA) is 116 Å². The van der Waals surface area contributed by atoms with Crippen LogP contribution in [0.2, 0.25) is 0 Å². The van der Waals surface area contributed by atoms with E-state index in [0.717, 1.165) is 0 Å². The second-order valence-corrected chi connectivity index (χ2v) is 6.11. The van der Waals surface area contributed by atoms with Crippen LogP contribution in [0.25, 0.3) is 10.7 Å². The first-order valence-electron chi connectivity index (χ1n) is 7.40. The molecule has 0 spiro atoms. The SMILES string of the molecule is O=C(N[C@H](CO)c1ccccc1)c1nc(-c2cccs2)nc(O)c1O. The number of amides is 1. The highest BCUT2D eigenvalue weighted by atomic mass is 32.1. The number of aromatic nitrogens is 2. The summed E-state index contributed by atoms with van der Waals surface area (Å²) in [7, 11) is 0. The average Bonchev–Trinajstić information content (AvgIpc) is 3.17. The summed E-state index contributed by atoms with van der Waals surface area (Å²) in [5.41, 5.74) is 0.347. The number of aliphatic hydroxyl groups excluding tert-OH is 1. The van der Waals surface area contributed by atoms with Crippen molar-refractivity contribution in [3.63, 3.8) is 0 Å². The molecule has 128 valence electrons. The van der Waals surface area contributed by atoms with Crippen LogP contribution in [0.1, 0.15) is 22.1 Å². The molecule has 0 bridgehead atoms. The van der Waals surface area contributed by atoms with Crippen molar-refractivity contribution in [3.8, 4) is 22.3 Å². The molecule has 0 aliphatic heterocycles. The van der Waals surface area contributed by atoms with Crippen molar-refractivity contribution in [3.05, 3.63) is 59.1 Å². The molecule has 25 heavy (non-hydrogen) atoms. The summed E-state index contributed by atoms with van der Waals surface area (Å²) >= 11 is 1.34. The van der Waals surface area contributed by atoms with Crippen molar-refractivity contribution in [1.82, 2.24) is 15.3 Å². The first kappa shape index (κ1) is 16.9. The minimum Gasteiger partial charge on any atom is -0.501 e. The Balaban J connectivity index is 1.91.